The van der Waals surface area contributed by atoms with Crippen LogP contribution in [0.1, 0.15) is 19.8 Å². The quantitative estimate of drug-likeness (QED) is 0.806. The molecule has 0 saturated carbocycles. The van der Waals surface area contributed by atoms with E-state index in [-0.39, 0.29) is 16.6 Å². The maximum atomic E-state index is 12.1. The number of nitrogens with one attached hydrogen (secondary N) is 1. The van der Waals surface area contributed by atoms with Crippen LogP contribution in [0.15, 0.2) is 23.4 Å². The summed E-state index contributed by atoms with van der Waals surface area (Å²) in [6, 6.07) is 3.15. The minimum absolute atomic E-state index is 0.0895. The lowest BCUT2D eigenvalue weighted by Gasteiger charge is -2.20. The van der Waals surface area contributed by atoms with E-state index < -0.39 is 10.0 Å². The van der Waals surface area contributed by atoms with E-state index in [4.69, 9.17) is 5.73 Å². The van der Waals surface area contributed by atoms with Crippen molar-refractivity contribution in [1.29, 1.82) is 0 Å². The zero-order valence-corrected chi connectivity index (χ0v) is 12.6. The summed E-state index contributed by atoms with van der Waals surface area (Å²) in [5, 5.41) is -0.0895. The molecule has 1 aromatic heterocycles. The first-order valence-corrected chi connectivity index (χ1v) is 8.40. The van der Waals surface area contributed by atoms with E-state index in [9.17, 15) is 8.42 Å². The van der Waals surface area contributed by atoms with Gasteiger partial charge in [0.1, 0.15) is 0 Å². The molecule has 0 amide bonds. The van der Waals surface area contributed by atoms with Gasteiger partial charge in [-0.05, 0) is 44.0 Å². The summed E-state index contributed by atoms with van der Waals surface area (Å²) in [5.74, 6) is 0.257. The van der Waals surface area contributed by atoms with E-state index in [1.165, 1.54) is 25.1 Å². The van der Waals surface area contributed by atoms with Gasteiger partial charge in [-0.3, -0.25) is 0 Å². The van der Waals surface area contributed by atoms with Crippen molar-refractivity contribution in [3.05, 3.63) is 18.3 Å². The molecule has 0 aliphatic carbocycles. The summed E-state index contributed by atoms with van der Waals surface area (Å²) >= 11 is 0. The molecule has 7 heteroatoms. The molecule has 20 heavy (non-hydrogen) atoms. The Hall–Kier alpha value is -1.18. The number of sulfonamides is 1. The Bertz CT molecular complexity index is 541. The number of hydrogen-bond acceptors (Lipinski definition) is 5. The fourth-order valence-corrected chi connectivity index (χ4v) is 3.64. The number of likely N-dealkylation sites (tertiary alicyclic amines) is 1. The summed E-state index contributed by atoms with van der Waals surface area (Å²) in [4.78, 5) is 6.21. The molecular formula is C13H22N4O2S. The van der Waals surface area contributed by atoms with Gasteiger partial charge in [0.2, 0.25) is 0 Å². The Morgan fingerprint density at radius 3 is 2.80 bits per heavy atom. The largest absolute Gasteiger partial charge is 0.396 e. The van der Waals surface area contributed by atoms with Gasteiger partial charge in [0.25, 0.3) is 10.0 Å². The fraction of sp³-hybridized carbons (Fsp3) is 0.615. The number of aromatic nitrogens is 1. The predicted octanol–water partition coefficient (Wildman–Crippen LogP) is 0.674. The van der Waals surface area contributed by atoms with Crippen molar-refractivity contribution >= 4 is 15.7 Å². The molecule has 1 saturated heterocycles. The van der Waals surface area contributed by atoms with E-state index in [0.29, 0.717) is 6.54 Å². The topological polar surface area (TPSA) is 88.3 Å². The summed E-state index contributed by atoms with van der Waals surface area (Å²) in [6.07, 6.45) is 3.91. The zero-order valence-electron chi connectivity index (χ0n) is 11.7. The normalized spacial score (nSPS) is 18.2. The third kappa shape index (κ3) is 3.91. The molecule has 1 fully saturated rings. The standard InChI is InChI=1S/C13H22N4O2S/c1-11(10-17-7-2-3-8-17)9-16-20(18,19)13-12(14)5-4-6-15-13/h4-6,11,16H,2-3,7-10,14H2,1H3. The van der Waals surface area contributed by atoms with Crippen molar-refractivity contribution in [2.45, 2.75) is 24.8 Å². The molecule has 1 atom stereocenters. The van der Waals surface area contributed by atoms with E-state index in [1.807, 2.05) is 6.92 Å². The third-order valence-electron chi connectivity index (χ3n) is 3.45. The molecule has 1 aromatic rings. The summed E-state index contributed by atoms with van der Waals surface area (Å²) in [6.45, 7) is 5.59. The van der Waals surface area contributed by atoms with Gasteiger partial charge in [0.05, 0.1) is 5.69 Å². The Morgan fingerprint density at radius 1 is 1.45 bits per heavy atom. The smallest absolute Gasteiger partial charge is 0.260 e. The van der Waals surface area contributed by atoms with Crippen LogP contribution in [0.4, 0.5) is 5.69 Å². The summed E-state index contributed by atoms with van der Waals surface area (Å²) in [7, 11) is -3.62. The second kappa shape index (κ2) is 6.51. The van der Waals surface area contributed by atoms with Crippen LogP contribution in [-0.4, -0.2) is 44.5 Å². The maximum Gasteiger partial charge on any atom is 0.260 e. The third-order valence-corrected chi connectivity index (χ3v) is 4.84. The number of nitrogens with two attached hydrogens (primary N) is 1. The highest BCUT2D eigenvalue weighted by Gasteiger charge is 2.20. The van der Waals surface area contributed by atoms with E-state index in [2.05, 4.69) is 14.6 Å². The van der Waals surface area contributed by atoms with Crippen molar-refractivity contribution < 1.29 is 8.42 Å². The molecule has 1 unspecified atom stereocenters. The van der Waals surface area contributed by atoms with Crippen LogP contribution >= 0.6 is 0 Å². The second-order valence-corrected chi connectivity index (χ2v) is 7.04. The average molecular weight is 298 g/mol. The van der Waals surface area contributed by atoms with Crippen LogP contribution in [0.5, 0.6) is 0 Å². The first-order chi connectivity index (χ1) is 9.49. The highest BCUT2D eigenvalue weighted by atomic mass is 32.2. The molecule has 1 aliphatic rings. The molecule has 0 aromatic carbocycles. The van der Waals surface area contributed by atoms with Crippen molar-refractivity contribution in [3.8, 4) is 0 Å². The molecule has 112 valence electrons. The van der Waals surface area contributed by atoms with Crippen LogP contribution in [0, 0.1) is 5.92 Å². The molecular weight excluding hydrogens is 276 g/mol. The lowest BCUT2D eigenvalue weighted by atomic mass is 10.2. The van der Waals surface area contributed by atoms with Gasteiger partial charge in [-0.1, -0.05) is 6.92 Å². The van der Waals surface area contributed by atoms with Crippen molar-refractivity contribution in [3.63, 3.8) is 0 Å². The van der Waals surface area contributed by atoms with Gasteiger partial charge < -0.3 is 10.6 Å². The van der Waals surface area contributed by atoms with Gasteiger partial charge in [0, 0.05) is 19.3 Å². The monoisotopic (exact) mass is 298 g/mol. The number of anilines is 1. The lowest BCUT2D eigenvalue weighted by Crippen LogP contribution is -2.35. The van der Waals surface area contributed by atoms with Crippen molar-refractivity contribution in [2.24, 2.45) is 5.92 Å². The highest BCUT2D eigenvalue weighted by Crippen LogP contribution is 2.14. The maximum absolute atomic E-state index is 12.1. The molecule has 3 N–H and O–H groups in total. The molecule has 6 nitrogen and oxygen atoms in total. The van der Waals surface area contributed by atoms with E-state index in [0.717, 1.165) is 19.6 Å². The number of nitrogen functional groups attached to an aromatic ring is 1. The van der Waals surface area contributed by atoms with Crippen LogP contribution in [-0.2, 0) is 10.0 Å². The fourth-order valence-electron chi connectivity index (χ4n) is 2.42. The van der Waals surface area contributed by atoms with Gasteiger partial charge in [-0.15, -0.1) is 0 Å². The SMILES string of the molecule is CC(CNS(=O)(=O)c1ncccc1N)CN1CCCC1. The highest BCUT2D eigenvalue weighted by molar-refractivity contribution is 7.89. The summed E-state index contributed by atoms with van der Waals surface area (Å²) in [5.41, 5.74) is 5.83. The van der Waals surface area contributed by atoms with Crippen molar-refractivity contribution in [2.75, 3.05) is 31.9 Å². The molecule has 0 bridgehead atoms. The van der Waals surface area contributed by atoms with Crippen LogP contribution in [0.25, 0.3) is 0 Å². The number of pyridine rings is 1. The predicted molar refractivity (Wildman–Crippen MR) is 78.7 cm³/mol. The minimum atomic E-state index is -3.62. The van der Waals surface area contributed by atoms with Crippen LogP contribution in [0.2, 0.25) is 0 Å². The second-order valence-electron chi connectivity index (χ2n) is 5.36. The molecule has 0 radical (unpaired) electrons. The van der Waals surface area contributed by atoms with Gasteiger partial charge >= 0.3 is 0 Å². The minimum Gasteiger partial charge on any atom is -0.396 e. The first-order valence-electron chi connectivity index (χ1n) is 6.91. The zero-order chi connectivity index (χ0) is 14.6. The molecule has 1 aliphatic heterocycles. The average Bonchev–Trinajstić information content (AvgIpc) is 2.90. The molecule has 2 rings (SSSR count). The van der Waals surface area contributed by atoms with Gasteiger partial charge in [-0.2, -0.15) is 0 Å². The number of hydrogen-bond donors (Lipinski definition) is 2. The molecule has 2 heterocycles. The number of nitrogens with zero attached hydrogens (tertiary/aromatic N) is 2. The Labute approximate surface area is 120 Å². The van der Waals surface area contributed by atoms with Gasteiger partial charge in [-0.25, -0.2) is 18.1 Å². The first kappa shape index (κ1) is 15.2. The number of rotatable bonds is 6. The van der Waals surface area contributed by atoms with E-state index >= 15 is 0 Å². The molecule has 0 spiro atoms. The Morgan fingerprint density at radius 2 is 2.15 bits per heavy atom. The van der Waals surface area contributed by atoms with E-state index in [1.54, 1.807) is 6.07 Å². The van der Waals surface area contributed by atoms with Crippen molar-refractivity contribution in [1.82, 2.24) is 14.6 Å². The lowest BCUT2D eigenvalue weighted by molar-refractivity contribution is 0.288. The van der Waals surface area contributed by atoms with Crippen LogP contribution < -0.4 is 10.5 Å². The summed E-state index contributed by atoms with van der Waals surface area (Å²) < 4.78 is 26.8. The Kier molecular flexibility index (Phi) is 4.95. The van der Waals surface area contributed by atoms with Crippen LogP contribution in [0.3, 0.4) is 0 Å². The Balaban J connectivity index is 1.90. The van der Waals surface area contributed by atoms with Gasteiger partial charge in [0.15, 0.2) is 5.03 Å².